The Kier molecular flexibility index (Phi) is 5.71. The minimum atomic E-state index is -0.276. The van der Waals surface area contributed by atoms with Gasteiger partial charge < -0.3 is 10.5 Å². The maximum Gasteiger partial charge on any atom is 0.123 e. The van der Waals surface area contributed by atoms with Crippen molar-refractivity contribution in [1.29, 1.82) is 0 Å². The van der Waals surface area contributed by atoms with Crippen LogP contribution in [0, 0.1) is 5.82 Å². The van der Waals surface area contributed by atoms with E-state index < -0.39 is 0 Å². The molecule has 2 nitrogen and oxygen atoms in total. The summed E-state index contributed by atoms with van der Waals surface area (Å²) in [6.07, 6.45) is 1.95. The van der Waals surface area contributed by atoms with Crippen LogP contribution in [0.25, 0.3) is 0 Å². The molecule has 1 atom stereocenters. The van der Waals surface area contributed by atoms with E-state index in [-0.39, 0.29) is 11.9 Å². The van der Waals surface area contributed by atoms with Gasteiger partial charge in [0.1, 0.15) is 5.82 Å². The van der Waals surface area contributed by atoms with Crippen molar-refractivity contribution >= 4 is 0 Å². The van der Waals surface area contributed by atoms with Crippen LogP contribution in [0.3, 0.4) is 0 Å². The summed E-state index contributed by atoms with van der Waals surface area (Å²) in [5.41, 5.74) is 8.05. The standard InChI is InChI=1S/C17H20FNO/c18-16-10-4-9-15(12-16)17(19)13-20-11-5-8-14-6-2-1-3-7-14/h1-4,6-7,9-10,12,17H,5,8,11,13,19H2. The molecule has 20 heavy (non-hydrogen) atoms. The first kappa shape index (κ1) is 14.7. The predicted octanol–water partition coefficient (Wildman–Crippen LogP) is 3.47. The summed E-state index contributed by atoms with van der Waals surface area (Å²) in [5.74, 6) is -0.262. The largest absolute Gasteiger partial charge is 0.379 e. The van der Waals surface area contributed by atoms with Gasteiger partial charge in [0.25, 0.3) is 0 Å². The third-order valence-electron chi connectivity index (χ3n) is 3.17. The summed E-state index contributed by atoms with van der Waals surface area (Å²) in [7, 11) is 0. The molecule has 0 saturated carbocycles. The fraction of sp³-hybridized carbons (Fsp3) is 0.294. The summed E-state index contributed by atoms with van der Waals surface area (Å²) in [6.45, 7) is 1.08. The highest BCUT2D eigenvalue weighted by molar-refractivity contribution is 5.19. The third-order valence-corrected chi connectivity index (χ3v) is 3.17. The van der Waals surface area contributed by atoms with Gasteiger partial charge in [0, 0.05) is 6.61 Å². The lowest BCUT2D eigenvalue weighted by Crippen LogP contribution is -2.17. The molecular formula is C17H20FNO. The molecule has 0 heterocycles. The summed E-state index contributed by atoms with van der Waals surface area (Å²) >= 11 is 0. The SMILES string of the molecule is NC(COCCCc1ccccc1)c1cccc(F)c1. The predicted molar refractivity (Wildman–Crippen MR) is 78.9 cm³/mol. The number of nitrogens with two attached hydrogens (primary N) is 1. The van der Waals surface area contributed by atoms with E-state index in [1.165, 1.54) is 17.7 Å². The Labute approximate surface area is 119 Å². The van der Waals surface area contributed by atoms with Gasteiger partial charge in [-0.3, -0.25) is 0 Å². The molecule has 0 aromatic heterocycles. The molecule has 0 aliphatic heterocycles. The van der Waals surface area contributed by atoms with Gasteiger partial charge in [0.05, 0.1) is 12.6 Å². The summed E-state index contributed by atoms with van der Waals surface area (Å²) < 4.78 is 18.6. The molecule has 2 aromatic carbocycles. The van der Waals surface area contributed by atoms with Crippen LogP contribution in [0.1, 0.15) is 23.6 Å². The number of aryl methyl sites for hydroxylation is 1. The second-order valence-electron chi connectivity index (χ2n) is 4.83. The lowest BCUT2D eigenvalue weighted by molar-refractivity contribution is 0.119. The molecule has 1 unspecified atom stereocenters. The Morgan fingerprint density at radius 3 is 2.60 bits per heavy atom. The zero-order valence-corrected chi connectivity index (χ0v) is 11.5. The van der Waals surface area contributed by atoms with Gasteiger partial charge in [0.2, 0.25) is 0 Å². The Bertz CT molecular complexity index is 515. The van der Waals surface area contributed by atoms with Crippen molar-refractivity contribution in [3.63, 3.8) is 0 Å². The van der Waals surface area contributed by atoms with E-state index >= 15 is 0 Å². The first-order chi connectivity index (χ1) is 9.75. The van der Waals surface area contributed by atoms with E-state index in [4.69, 9.17) is 10.5 Å². The first-order valence-electron chi connectivity index (χ1n) is 6.88. The van der Waals surface area contributed by atoms with Gasteiger partial charge in [-0.05, 0) is 36.1 Å². The first-order valence-corrected chi connectivity index (χ1v) is 6.88. The number of ether oxygens (including phenoxy) is 1. The van der Waals surface area contributed by atoms with Crippen molar-refractivity contribution in [2.24, 2.45) is 5.73 Å². The van der Waals surface area contributed by atoms with Crippen molar-refractivity contribution in [3.05, 3.63) is 71.5 Å². The van der Waals surface area contributed by atoms with Crippen LogP contribution in [0.5, 0.6) is 0 Å². The third kappa shape index (κ3) is 4.76. The Balaban J connectivity index is 1.66. The second kappa shape index (κ2) is 7.78. The highest BCUT2D eigenvalue weighted by atomic mass is 19.1. The van der Waals surface area contributed by atoms with Crippen molar-refractivity contribution in [2.45, 2.75) is 18.9 Å². The molecule has 0 saturated heterocycles. The number of halogens is 1. The van der Waals surface area contributed by atoms with E-state index in [1.54, 1.807) is 6.07 Å². The van der Waals surface area contributed by atoms with Crippen molar-refractivity contribution in [2.75, 3.05) is 13.2 Å². The molecule has 3 heteroatoms. The van der Waals surface area contributed by atoms with E-state index in [9.17, 15) is 4.39 Å². The quantitative estimate of drug-likeness (QED) is 0.784. The van der Waals surface area contributed by atoms with Gasteiger partial charge in [-0.25, -0.2) is 4.39 Å². The minimum absolute atomic E-state index is 0.262. The normalized spacial score (nSPS) is 12.3. The molecule has 0 spiro atoms. The molecule has 106 valence electrons. The lowest BCUT2D eigenvalue weighted by atomic mass is 10.1. The number of rotatable bonds is 7. The Hall–Kier alpha value is -1.71. The average molecular weight is 273 g/mol. The Morgan fingerprint density at radius 2 is 1.85 bits per heavy atom. The van der Waals surface area contributed by atoms with Crippen LogP contribution < -0.4 is 5.73 Å². The molecule has 0 aliphatic rings. The van der Waals surface area contributed by atoms with E-state index in [1.807, 2.05) is 24.3 Å². The highest BCUT2D eigenvalue weighted by Gasteiger charge is 2.06. The van der Waals surface area contributed by atoms with Gasteiger partial charge in [-0.1, -0.05) is 42.5 Å². The molecule has 2 N–H and O–H groups in total. The number of hydrogen-bond donors (Lipinski definition) is 1. The maximum atomic E-state index is 13.1. The molecule has 0 aliphatic carbocycles. The van der Waals surface area contributed by atoms with Gasteiger partial charge in [-0.15, -0.1) is 0 Å². The lowest BCUT2D eigenvalue weighted by Gasteiger charge is -2.12. The van der Waals surface area contributed by atoms with Crippen LogP contribution >= 0.6 is 0 Å². The van der Waals surface area contributed by atoms with Gasteiger partial charge in [-0.2, -0.15) is 0 Å². The minimum Gasteiger partial charge on any atom is -0.379 e. The van der Waals surface area contributed by atoms with Crippen LogP contribution in [-0.4, -0.2) is 13.2 Å². The fourth-order valence-electron chi connectivity index (χ4n) is 2.07. The smallest absolute Gasteiger partial charge is 0.123 e. The van der Waals surface area contributed by atoms with Crippen molar-refractivity contribution in [3.8, 4) is 0 Å². The highest BCUT2D eigenvalue weighted by Crippen LogP contribution is 2.12. The number of hydrogen-bond acceptors (Lipinski definition) is 2. The Morgan fingerprint density at radius 1 is 1.05 bits per heavy atom. The van der Waals surface area contributed by atoms with Crippen molar-refractivity contribution < 1.29 is 9.13 Å². The van der Waals surface area contributed by atoms with Crippen LogP contribution in [-0.2, 0) is 11.2 Å². The molecule has 0 amide bonds. The molecule has 2 aromatic rings. The van der Waals surface area contributed by atoms with E-state index in [2.05, 4.69) is 12.1 Å². The van der Waals surface area contributed by atoms with Crippen molar-refractivity contribution in [1.82, 2.24) is 0 Å². The zero-order valence-electron chi connectivity index (χ0n) is 11.5. The maximum absolute atomic E-state index is 13.1. The molecule has 0 bridgehead atoms. The summed E-state index contributed by atoms with van der Waals surface area (Å²) in [4.78, 5) is 0. The summed E-state index contributed by atoms with van der Waals surface area (Å²) in [6, 6.07) is 16.4. The molecule has 2 rings (SSSR count). The molecule has 0 fully saturated rings. The van der Waals surface area contributed by atoms with E-state index in [0.717, 1.165) is 18.4 Å². The van der Waals surface area contributed by atoms with Gasteiger partial charge >= 0.3 is 0 Å². The van der Waals surface area contributed by atoms with Crippen LogP contribution in [0.15, 0.2) is 54.6 Å². The average Bonchev–Trinajstić information content (AvgIpc) is 2.48. The molecule has 0 radical (unpaired) electrons. The van der Waals surface area contributed by atoms with Crippen LogP contribution in [0.4, 0.5) is 4.39 Å². The number of benzene rings is 2. The zero-order chi connectivity index (χ0) is 14.2. The monoisotopic (exact) mass is 273 g/mol. The fourth-order valence-corrected chi connectivity index (χ4v) is 2.07. The van der Waals surface area contributed by atoms with E-state index in [0.29, 0.717) is 13.2 Å². The summed E-state index contributed by atoms with van der Waals surface area (Å²) in [5, 5.41) is 0. The topological polar surface area (TPSA) is 35.2 Å². The molecular weight excluding hydrogens is 253 g/mol. The second-order valence-corrected chi connectivity index (χ2v) is 4.83. The van der Waals surface area contributed by atoms with Gasteiger partial charge in [0.15, 0.2) is 0 Å². The van der Waals surface area contributed by atoms with Crippen LogP contribution in [0.2, 0.25) is 0 Å².